The van der Waals surface area contributed by atoms with Crippen molar-refractivity contribution >= 4 is 10.0 Å². The van der Waals surface area contributed by atoms with Crippen molar-refractivity contribution in [1.82, 2.24) is 9.21 Å². The zero-order valence-electron chi connectivity index (χ0n) is 10.5. The van der Waals surface area contributed by atoms with Gasteiger partial charge in [-0.25, -0.2) is 12.7 Å². The molecule has 0 bridgehead atoms. The second-order valence-electron chi connectivity index (χ2n) is 5.29. The number of nitrogens with zero attached hydrogens (tertiary/aromatic N) is 2. The SMILES string of the molecule is CS(=O)(=O)N1CCC(N2CCCC(N)C2)CC1. The van der Waals surface area contributed by atoms with E-state index in [1.165, 1.54) is 12.7 Å². The topological polar surface area (TPSA) is 66.6 Å². The second-order valence-corrected chi connectivity index (χ2v) is 7.27. The molecular formula is C11H23N3O2S. The highest BCUT2D eigenvalue weighted by atomic mass is 32.2. The van der Waals surface area contributed by atoms with Crippen LogP contribution in [0.3, 0.4) is 0 Å². The monoisotopic (exact) mass is 261 g/mol. The first kappa shape index (κ1) is 13.3. The van der Waals surface area contributed by atoms with E-state index < -0.39 is 10.0 Å². The molecule has 17 heavy (non-hydrogen) atoms. The van der Waals surface area contributed by atoms with Crippen LogP contribution in [0.15, 0.2) is 0 Å². The van der Waals surface area contributed by atoms with Gasteiger partial charge >= 0.3 is 0 Å². The second kappa shape index (κ2) is 5.22. The van der Waals surface area contributed by atoms with Gasteiger partial charge in [0, 0.05) is 31.7 Å². The molecule has 0 radical (unpaired) electrons. The van der Waals surface area contributed by atoms with Gasteiger partial charge < -0.3 is 5.73 Å². The van der Waals surface area contributed by atoms with Gasteiger partial charge in [0.05, 0.1) is 6.26 Å². The largest absolute Gasteiger partial charge is 0.327 e. The fraction of sp³-hybridized carbons (Fsp3) is 1.00. The minimum atomic E-state index is -3.00. The van der Waals surface area contributed by atoms with Gasteiger partial charge in [0.2, 0.25) is 10.0 Å². The molecule has 0 aromatic carbocycles. The Bertz CT molecular complexity index is 350. The van der Waals surface area contributed by atoms with E-state index in [2.05, 4.69) is 4.90 Å². The van der Waals surface area contributed by atoms with Crippen LogP contribution in [0.4, 0.5) is 0 Å². The van der Waals surface area contributed by atoms with Crippen LogP contribution in [0.5, 0.6) is 0 Å². The molecule has 1 unspecified atom stereocenters. The van der Waals surface area contributed by atoms with Gasteiger partial charge in [-0.1, -0.05) is 0 Å². The van der Waals surface area contributed by atoms with Gasteiger partial charge in [-0.3, -0.25) is 4.90 Å². The van der Waals surface area contributed by atoms with Gasteiger partial charge in [0.15, 0.2) is 0 Å². The van der Waals surface area contributed by atoms with Crippen molar-refractivity contribution in [3.63, 3.8) is 0 Å². The lowest BCUT2D eigenvalue weighted by molar-refractivity contribution is 0.108. The number of nitrogens with two attached hydrogens (primary N) is 1. The molecule has 2 rings (SSSR count). The maximum atomic E-state index is 11.4. The summed E-state index contributed by atoms with van der Waals surface area (Å²) in [6, 6.07) is 0.830. The Balaban J connectivity index is 1.86. The molecule has 5 nitrogen and oxygen atoms in total. The fourth-order valence-corrected chi connectivity index (χ4v) is 3.79. The van der Waals surface area contributed by atoms with Crippen LogP contribution >= 0.6 is 0 Å². The Labute approximate surface area is 104 Å². The summed E-state index contributed by atoms with van der Waals surface area (Å²) >= 11 is 0. The van der Waals surface area contributed by atoms with Crippen molar-refractivity contribution in [1.29, 1.82) is 0 Å². The number of likely N-dealkylation sites (tertiary alicyclic amines) is 1. The molecule has 2 saturated heterocycles. The molecular weight excluding hydrogens is 238 g/mol. The van der Waals surface area contributed by atoms with E-state index in [0.717, 1.165) is 32.4 Å². The highest BCUT2D eigenvalue weighted by Crippen LogP contribution is 2.21. The summed E-state index contributed by atoms with van der Waals surface area (Å²) in [5.74, 6) is 0. The summed E-state index contributed by atoms with van der Waals surface area (Å²) in [7, 11) is -3.00. The van der Waals surface area contributed by atoms with E-state index in [-0.39, 0.29) is 0 Å². The third-order valence-electron chi connectivity index (χ3n) is 3.90. The van der Waals surface area contributed by atoms with Gasteiger partial charge in [-0.15, -0.1) is 0 Å². The molecule has 0 aromatic heterocycles. The lowest BCUT2D eigenvalue weighted by Gasteiger charge is -2.41. The van der Waals surface area contributed by atoms with E-state index in [1.807, 2.05) is 0 Å². The van der Waals surface area contributed by atoms with Gasteiger partial charge in [0.25, 0.3) is 0 Å². The van der Waals surface area contributed by atoms with Crippen LogP contribution < -0.4 is 5.73 Å². The summed E-state index contributed by atoms with van der Waals surface area (Å²) < 4.78 is 24.4. The van der Waals surface area contributed by atoms with Crippen molar-refractivity contribution in [2.75, 3.05) is 32.4 Å². The maximum Gasteiger partial charge on any atom is 0.211 e. The lowest BCUT2D eigenvalue weighted by atomic mass is 9.99. The molecule has 0 amide bonds. The first-order valence-electron chi connectivity index (χ1n) is 6.41. The predicted molar refractivity (Wildman–Crippen MR) is 68.2 cm³/mol. The molecule has 6 heteroatoms. The minimum absolute atomic E-state index is 0.302. The van der Waals surface area contributed by atoms with Crippen molar-refractivity contribution in [3.05, 3.63) is 0 Å². The quantitative estimate of drug-likeness (QED) is 0.750. The van der Waals surface area contributed by atoms with Gasteiger partial charge in [-0.05, 0) is 32.2 Å². The Hall–Kier alpha value is -0.170. The zero-order valence-corrected chi connectivity index (χ0v) is 11.3. The van der Waals surface area contributed by atoms with Gasteiger partial charge in [-0.2, -0.15) is 0 Å². The van der Waals surface area contributed by atoms with Gasteiger partial charge in [0.1, 0.15) is 0 Å². The summed E-state index contributed by atoms with van der Waals surface area (Å²) in [5.41, 5.74) is 5.98. The third-order valence-corrected chi connectivity index (χ3v) is 5.20. The standard InChI is InChI=1S/C11H23N3O2S/c1-17(15,16)14-7-4-11(5-8-14)13-6-2-3-10(12)9-13/h10-11H,2-9,12H2,1H3. The molecule has 0 aromatic rings. The van der Waals surface area contributed by atoms with Crippen LogP contribution in [0.2, 0.25) is 0 Å². The Morgan fingerprint density at radius 1 is 1.12 bits per heavy atom. The first-order chi connectivity index (χ1) is 7.97. The van der Waals surface area contributed by atoms with Crippen LogP contribution in [0.25, 0.3) is 0 Å². The normalized spacial score (nSPS) is 30.6. The molecule has 0 saturated carbocycles. The highest BCUT2D eigenvalue weighted by Gasteiger charge is 2.30. The van der Waals surface area contributed by atoms with Crippen LogP contribution in [0.1, 0.15) is 25.7 Å². The molecule has 2 aliphatic rings. The zero-order chi connectivity index (χ0) is 12.5. The molecule has 2 N–H and O–H groups in total. The van der Waals surface area contributed by atoms with E-state index in [0.29, 0.717) is 25.2 Å². The molecule has 2 fully saturated rings. The Kier molecular flexibility index (Phi) is 4.07. The molecule has 2 heterocycles. The summed E-state index contributed by atoms with van der Waals surface area (Å²) in [6.45, 7) is 3.42. The molecule has 1 atom stereocenters. The van der Waals surface area contributed by atoms with E-state index in [1.54, 1.807) is 4.31 Å². The lowest BCUT2D eigenvalue weighted by Crippen LogP contribution is -2.52. The van der Waals surface area contributed by atoms with Crippen molar-refractivity contribution in [2.45, 2.75) is 37.8 Å². The number of rotatable bonds is 2. The predicted octanol–water partition coefficient (Wildman–Crippen LogP) is -0.166. The molecule has 0 aliphatic carbocycles. The average Bonchev–Trinajstić information content (AvgIpc) is 2.28. The van der Waals surface area contributed by atoms with E-state index in [9.17, 15) is 8.42 Å². The minimum Gasteiger partial charge on any atom is -0.327 e. The highest BCUT2D eigenvalue weighted by molar-refractivity contribution is 7.88. The number of hydrogen-bond acceptors (Lipinski definition) is 4. The summed E-state index contributed by atoms with van der Waals surface area (Å²) in [4.78, 5) is 2.45. The van der Waals surface area contributed by atoms with Crippen LogP contribution in [-0.4, -0.2) is 62.1 Å². The van der Waals surface area contributed by atoms with E-state index >= 15 is 0 Å². The summed E-state index contributed by atoms with van der Waals surface area (Å²) in [6.07, 6.45) is 5.48. The average molecular weight is 261 g/mol. The van der Waals surface area contributed by atoms with Crippen molar-refractivity contribution in [3.8, 4) is 0 Å². The van der Waals surface area contributed by atoms with Crippen LogP contribution in [-0.2, 0) is 10.0 Å². The maximum absolute atomic E-state index is 11.4. The van der Waals surface area contributed by atoms with Crippen molar-refractivity contribution < 1.29 is 8.42 Å². The number of hydrogen-bond donors (Lipinski definition) is 1. The first-order valence-corrected chi connectivity index (χ1v) is 8.26. The molecule has 0 spiro atoms. The van der Waals surface area contributed by atoms with E-state index in [4.69, 9.17) is 5.73 Å². The fourth-order valence-electron chi connectivity index (χ4n) is 2.91. The smallest absolute Gasteiger partial charge is 0.211 e. The van der Waals surface area contributed by atoms with Crippen molar-refractivity contribution in [2.24, 2.45) is 5.73 Å². The molecule has 100 valence electrons. The third kappa shape index (κ3) is 3.40. The Morgan fingerprint density at radius 3 is 2.29 bits per heavy atom. The number of sulfonamides is 1. The molecule has 2 aliphatic heterocycles. The number of piperidine rings is 2. The Morgan fingerprint density at radius 2 is 1.76 bits per heavy atom. The van der Waals surface area contributed by atoms with Crippen LogP contribution in [0, 0.1) is 0 Å². The summed E-state index contributed by atoms with van der Waals surface area (Å²) in [5, 5.41) is 0.